The summed E-state index contributed by atoms with van der Waals surface area (Å²) < 4.78 is 0. The van der Waals surface area contributed by atoms with Gasteiger partial charge in [-0.1, -0.05) is 105 Å². The highest BCUT2D eigenvalue weighted by atomic mass is 14.8. The molecule has 3 heteroatoms. The molecule has 192 valence electrons. The quantitative estimate of drug-likeness (QED) is 0.128. The van der Waals surface area contributed by atoms with Gasteiger partial charge in [-0.3, -0.25) is 0 Å². The number of aromatic nitrogens is 2. The van der Waals surface area contributed by atoms with Crippen LogP contribution in [-0.4, -0.2) is 9.97 Å². The van der Waals surface area contributed by atoms with E-state index in [0.29, 0.717) is 5.69 Å². The second kappa shape index (κ2) is 8.58. The average molecular weight is 524 g/mol. The Morgan fingerprint density at radius 3 is 1.90 bits per heavy atom. The molecule has 0 atom stereocenters. The van der Waals surface area contributed by atoms with Crippen LogP contribution in [0.4, 0.5) is 5.69 Å². The number of benzene rings is 6. The monoisotopic (exact) mass is 523 g/mol. The van der Waals surface area contributed by atoms with Crippen LogP contribution in [0.1, 0.15) is 25.0 Å². The minimum Gasteiger partial charge on any atom is -0.244 e. The van der Waals surface area contributed by atoms with Crippen LogP contribution >= 0.6 is 0 Å². The Labute approximate surface area is 238 Å². The summed E-state index contributed by atoms with van der Waals surface area (Å²) in [6.45, 7) is 12.0. The predicted molar refractivity (Wildman–Crippen MR) is 169 cm³/mol. The van der Waals surface area contributed by atoms with E-state index in [1.165, 1.54) is 38.8 Å². The normalized spacial score (nSPS) is 13.3. The molecule has 1 aliphatic rings. The SMILES string of the molecule is [C-]#[N+]c1ccc2c(c1)C(C)(C)c1cc(-c3ccc(-c4cc5nc6ccccc6nc5c5ccccc45)cc3)ccc1-2. The fourth-order valence-electron chi connectivity index (χ4n) is 6.51. The first kappa shape index (κ1) is 23.5. The second-order valence-electron chi connectivity index (χ2n) is 11.4. The summed E-state index contributed by atoms with van der Waals surface area (Å²) in [5.74, 6) is 0. The molecule has 0 saturated carbocycles. The third kappa shape index (κ3) is 3.51. The number of hydrogen-bond acceptors (Lipinski definition) is 2. The molecule has 0 radical (unpaired) electrons. The minimum absolute atomic E-state index is 0.156. The van der Waals surface area contributed by atoms with Crippen molar-refractivity contribution in [1.82, 2.24) is 9.97 Å². The molecule has 0 bridgehead atoms. The molecular formula is C38H25N3. The van der Waals surface area contributed by atoms with E-state index in [1.54, 1.807) is 0 Å². The maximum Gasteiger partial charge on any atom is 0.187 e. The van der Waals surface area contributed by atoms with E-state index in [9.17, 15) is 0 Å². The molecule has 1 aliphatic carbocycles. The Kier molecular flexibility index (Phi) is 4.93. The number of hydrogen-bond donors (Lipinski definition) is 0. The van der Waals surface area contributed by atoms with Crippen LogP contribution in [0, 0.1) is 6.57 Å². The Hall–Kier alpha value is -5.33. The molecule has 6 aromatic carbocycles. The molecule has 0 N–H and O–H groups in total. The van der Waals surface area contributed by atoms with Gasteiger partial charge < -0.3 is 0 Å². The van der Waals surface area contributed by atoms with Crippen molar-refractivity contribution < 1.29 is 0 Å². The van der Waals surface area contributed by atoms with E-state index in [0.717, 1.165) is 38.6 Å². The molecular weight excluding hydrogens is 498 g/mol. The van der Waals surface area contributed by atoms with E-state index < -0.39 is 0 Å². The van der Waals surface area contributed by atoms with Crippen LogP contribution in [0.5, 0.6) is 0 Å². The van der Waals surface area contributed by atoms with E-state index >= 15 is 0 Å². The second-order valence-corrected chi connectivity index (χ2v) is 11.4. The molecule has 0 saturated heterocycles. The van der Waals surface area contributed by atoms with Crippen molar-refractivity contribution in [2.75, 3.05) is 0 Å². The topological polar surface area (TPSA) is 30.1 Å². The number of nitrogens with zero attached hydrogens (tertiary/aromatic N) is 3. The van der Waals surface area contributed by atoms with Crippen molar-refractivity contribution in [2.45, 2.75) is 19.3 Å². The van der Waals surface area contributed by atoms with Crippen molar-refractivity contribution >= 4 is 38.5 Å². The van der Waals surface area contributed by atoms with Crippen molar-refractivity contribution in [1.29, 1.82) is 0 Å². The zero-order valence-corrected chi connectivity index (χ0v) is 22.8. The van der Waals surface area contributed by atoms with Gasteiger partial charge >= 0.3 is 0 Å². The maximum absolute atomic E-state index is 7.46. The van der Waals surface area contributed by atoms with Crippen LogP contribution in [0.25, 0.3) is 71.1 Å². The lowest BCUT2D eigenvalue weighted by atomic mass is 9.81. The lowest BCUT2D eigenvalue weighted by Crippen LogP contribution is -2.14. The van der Waals surface area contributed by atoms with Gasteiger partial charge in [-0.2, -0.15) is 0 Å². The predicted octanol–water partition coefficient (Wildman–Crippen LogP) is 10.1. The minimum atomic E-state index is -0.156. The highest BCUT2D eigenvalue weighted by molar-refractivity contribution is 6.12. The first-order valence-corrected chi connectivity index (χ1v) is 13.9. The molecule has 1 aromatic heterocycles. The first-order valence-electron chi connectivity index (χ1n) is 13.9. The fourth-order valence-corrected chi connectivity index (χ4v) is 6.51. The van der Waals surface area contributed by atoms with Gasteiger partial charge in [-0.05, 0) is 74.2 Å². The van der Waals surface area contributed by atoms with E-state index in [4.69, 9.17) is 16.5 Å². The third-order valence-electron chi connectivity index (χ3n) is 8.67. The van der Waals surface area contributed by atoms with E-state index in [-0.39, 0.29) is 5.41 Å². The Balaban J connectivity index is 1.22. The molecule has 0 unspecified atom stereocenters. The van der Waals surface area contributed by atoms with E-state index in [2.05, 4.69) is 104 Å². The van der Waals surface area contributed by atoms with Crippen LogP contribution in [-0.2, 0) is 5.41 Å². The van der Waals surface area contributed by atoms with Gasteiger partial charge in [0.1, 0.15) is 0 Å². The van der Waals surface area contributed by atoms with Gasteiger partial charge in [0.25, 0.3) is 0 Å². The average Bonchev–Trinajstić information content (AvgIpc) is 3.25. The molecule has 0 aliphatic heterocycles. The number of fused-ring (bicyclic) bond motifs is 7. The molecule has 3 nitrogen and oxygen atoms in total. The van der Waals surface area contributed by atoms with Crippen LogP contribution < -0.4 is 0 Å². The summed E-state index contributed by atoms with van der Waals surface area (Å²) >= 11 is 0. The standard InChI is InChI=1S/C38H25N3/c1-38(2)32-20-25(16-18-28(32)29-19-17-26(39-3)21-33(29)38)23-12-14-24(15-13-23)31-22-36-37(30-9-5-4-8-27(30)31)41-35-11-7-6-10-34(35)40-36/h4-22H,1-2H3. The molecule has 41 heavy (non-hydrogen) atoms. The van der Waals surface area contributed by atoms with Gasteiger partial charge in [0, 0.05) is 10.8 Å². The third-order valence-corrected chi connectivity index (χ3v) is 8.67. The molecule has 1 heterocycles. The lowest BCUT2D eigenvalue weighted by molar-refractivity contribution is 0.661. The largest absolute Gasteiger partial charge is 0.244 e. The number of para-hydroxylation sites is 2. The van der Waals surface area contributed by atoms with Gasteiger partial charge in [-0.15, -0.1) is 0 Å². The van der Waals surface area contributed by atoms with Crippen molar-refractivity contribution in [3.05, 3.63) is 138 Å². The Morgan fingerprint density at radius 1 is 0.537 bits per heavy atom. The summed E-state index contributed by atoms with van der Waals surface area (Å²) in [4.78, 5) is 13.6. The molecule has 0 spiro atoms. The number of rotatable bonds is 2. The van der Waals surface area contributed by atoms with Gasteiger partial charge in [0.15, 0.2) is 5.69 Å². The summed E-state index contributed by atoms with van der Waals surface area (Å²) in [5.41, 5.74) is 13.9. The van der Waals surface area contributed by atoms with Gasteiger partial charge in [0.2, 0.25) is 0 Å². The summed E-state index contributed by atoms with van der Waals surface area (Å²) in [7, 11) is 0. The Bertz CT molecular complexity index is 2230. The van der Waals surface area contributed by atoms with Gasteiger partial charge in [-0.25, -0.2) is 14.8 Å². The summed E-state index contributed by atoms with van der Waals surface area (Å²) in [6.07, 6.45) is 0. The highest BCUT2D eigenvalue weighted by Gasteiger charge is 2.35. The lowest BCUT2D eigenvalue weighted by Gasteiger charge is -2.22. The maximum atomic E-state index is 7.46. The fraction of sp³-hybridized carbons (Fsp3) is 0.0789. The van der Waals surface area contributed by atoms with Crippen molar-refractivity contribution in [3.8, 4) is 33.4 Å². The molecule has 8 rings (SSSR count). The van der Waals surface area contributed by atoms with Crippen LogP contribution in [0.3, 0.4) is 0 Å². The highest BCUT2D eigenvalue weighted by Crippen LogP contribution is 2.50. The van der Waals surface area contributed by atoms with Gasteiger partial charge in [0.05, 0.1) is 28.6 Å². The molecule has 7 aromatic rings. The summed E-state index contributed by atoms with van der Waals surface area (Å²) in [5, 5.41) is 2.29. The van der Waals surface area contributed by atoms with Crippen LogP contribution in [0.15, 0.2) is 115 Å². The summed E-state index contributed by atoms with van der Waals surface area (Å²) in [6, 6.07) is 40.4. The molecule has 0 amide bonds. The first-order chi connectivity index (χ1) is 20.0. The Morgan fingerprint density at radius 2 is 1.15 bits per heavy atom. The smallest absolute Gasteiger partial charge is 0.187 e. The zero-order valence-electron chi connectivity index (χ0n) is 22.8. The van der Waals surface area contributed by atoms with Crippen molar-refractivity contribution in [3.63, 3.8) is 0 Å². The van der Waals surface area contributed by atoms with E-state index in [1.807, 2.05) is 30.3 Å². The zero-order chi connectivity index (χ0) is 27.7. The molecule has 0 fully saturated rings. The van der Waals surface area contributed by atoms with Crippen molar-refractivity contribution in [2.24, 2.45) is 0 Å². The van der Waals surface area contributed by atoms with Crippen LogP contribution in [0.2, 0.25) is 0 Å².